The van der Waals surface area contributed by atoms with E-state index < -0.39 is 0 Å². The molecule has 3 saturated heterocycles. The van der Waals surface area contributed by atoms with Crippen LogP contribution < -0.4 is 10.9 Å². The molecule has 2 aromatic rings. The zero-order valence-corrected chi connectivity index (χ0v) is 22.5. The van der Waals surface area contributed by atoms with Gasteiger partial charge >= 0.3 is 6.09 Å². The summed E-state index contributed by atoms with van der Waals surface area (Å²) in [6.07, 6.45) is 5.33. The number of likely N-dealkylation sites (tertiary alicyclic amines) is 1. The number of amides is 2. The summed E-state index contributed by atoms with van der Waals surface area (Å²) in [5.41, 5.74) is 0.805. The van der Waals surface area contributed by atoms with Gasteiger partial charge in [0.05, 0.1) is 18.2 Å². The molecular weight excluding hydrogens is 484 g/mol. The number of nitrogens with one attached hydrogen (secondary N) is 1. The molecule has 0 aliphatic carbocycles. The largest absolute Gasteiger partial charge is 0.449 e. The molecule has 2 bridgehead atoms. The lowest BCUT2D eigenvalue weighted by atomic mass is 9.96. The van der Waals surface area contributed by atoms with Gasteiger partial charge in [-0.2, -0.15) is 0 Å². The molecule has 38 heavy (non-hydrogen) atoms. The minimum atomic E-state index is -0.312. The highest BCUT2D eigenvalue weighted by molar-refractivity contribution is 5.97. The van der Waals surface area contributed by atoms with Gasteiger partial charge in [0.1, 0.15) is 5.56 Å². The average Bonchev–Trinajstić information content (AvgIpc) is 3.13. The van der Waals surface area contributed by atoms with E-state index in [9.17, 15) is 19.5 Å². The number of rotatable bonds is 7. The Balaban J connectivity index is 1.14. The van der Waals surface area contributed by atoms with Crippen LogP contribution in [0.4, 0.5) is 4.79 Å². The van der Waals surface area contributed by atoms with Gasteiger partial charge in [-0.05, 0) is 76.3 Å². The summed E-state index contributed by atoms with van der Waals surface area (Å²) < 4.78 is 7.19. The first kappa shape index (κ1) is 26.7. The molecule has 9 nitrogen and oxygen atoms in total. The second-order valence-corrected chi connectivity index (χ2v) is 11.3. The molecule has 5 rings (SSSR count). The Morgan fingerprint density at radius 1 is 1.08 bits per heavy atom. The Kier molecular flexibility index (Phi) is 8.04. The first-order valence-corrected chi connectivity index (χ1v) is 14.1. The maximum absolute atomic E-state index is 13.3. The van der Waals surface area contributed by atoms with E-state index in [1.54, 1.807) is 15.5 Å². The zero-order valence-electron chi connectivity index (χ0n) is 22.5. The number of aliphatic hydroxyl groups excluding tert-OH is 1. The quantitative estimate of drug-likeness (QED) is 0.539. The van der Waals surface area contributed by atoms with Crippen LogP contribution in [0.5, 0.6) is 0 Å². The van der Waals surface area contributed by atoms with Crippen molar-refractivity contribution in [1.82, 2.24) is 19.7 Å². The van der Waals surface area contributed by atoms with Gasteiger partial charge < -0.3 is 24.6 Å². The van der Waals surface area contributed by atoms with Crippen LogP contribution in [0, 0.1) is 0 Å². The van der Waals surface area contributed by atoms with Crippen LogP contribution in [0.1, 0.15) is 75.2 Å². The van der Waals surface area contributed by atoms with Gasteiger partial charge in [0, 0.05) is 43.8 Å². The third-order valence-corrected chi connectivity index (χ3v) is 8.43. The van der Waals surface area contributed by atoms with Gasteiger partial charge in [0.15, 0.2) is 0 Å². The van der Waals surface area contributed by atoms with Crippen molar-refractivity contribution >= 4 is 22.9 Å². The highest BCUT2D eigenvalue weighted by Gasteiger charge is 2.41. The van der Waals surface area contributed by atoms with Gasteiger partial charge in [0.2, 0.25) is 0 Å². The van der Waals surface area contributed by atoms with E-state index in [2.05, 4.69) is 10.2 Å². The molecule has 0 unspecified atom stereocenters. The normalized spacial score (nSPS) is 24.2. The summed E-state index contributed by atoms with van der Waals surface area (Å²) in [7, 11) is 0. The monoisotopic (exact) mass is 524 g/mol. The molecule has 1 aromatic heterocycles. The van der Waals surface area contributed by atoms with Crippen molar-refractivity contribution in [3.8, 4) is 0 Å². The first-order valence-electron chi connectivity index (χ1n) is 14.1. The summed E-state index contributed by atoms with van der Waals surface area (Å²) >= 11 is 0. The molecule has 4 heterocycles. The molecule has 3 aliphatic rings. The fourth-order valence-electron chi connectivity index (χ4n) is 6.53. The number of hydrogen-bond donors (Lipinski definition) is 2. The number of carbonyl (C=O) groups is 2. The van der Waals surface area contributed by atoms with Crippen molar-refractivity contribution in [3.05, 3.63) is 46.2 Å². The van der Waals surface area contributed by atoms with Crippen molar-refractivity contribution in [2.45, 2.75) is 89.1 Å². The lowest BCUT2D eigenvalue weighted by Crippen LogP contribution is -2.51. The fourth-order valence-corrected chi connectivity index (χ4v) is 6.53. The molecular formula is C29H40N4O5. The predicted molar refractivity (Wildman–Crippen MR) is 145 cm³/mol. The molecule has 2 amide bonds. The van der Waals surface area contributed by atoms with E-state index in [0.29, 0.717) is 44.6 Å². The van der Waals surface area contributed by atoms with Crippen LogP contribution in [0.2, 0.25) is 0 Å². The average molecular weight is 525 g/mol. The number of pyridine rings is 1. The van der Waals surface area contributed by atoms with Gasteiger partial charge in [-0.1, -0.05) is 18.2 Å². The Morgan fingerprint density at radius 2 is 1.76 bits per heavy atom. The number of nitrogens with zero attached hydrogens (tertiary/aromatic N) is 3. The number of benzene rings is 1. The van der Waals surface area contributed by atoms with Crippen molar-refractivity contribution in [2.75, 3.05) is 26.2 Å². The highest BCUT2D eigenvalue weighted by atomic mass is 16.6. The lowest BCUT2D eigenvalue weighted by Gasteiger charge is -2.39. The summed E-state index contributed by atoms with van der Waals surface area (Å²) in [4.78, 5) is 43.0. The number of ether oxygens (including phenoxy) is 1. The van der Waals surface area contributed by atoms with E-state index in [4.69, 9.17) is 4.74 Å². The van der Waals surface area contributed by atoms with E-state index >= 15 is 0 Å². The van der Waals surface area contributed by atoms with Crippen molar-refractivity contribution < 1.29 is 19.4 Å². The smallest absolute Gasteiger partial charge is 0.409 e. The summed E-state index contributed by atoms with van der Waals surface area (Å²) in [6.45, 7) is 6.28. The molecule has 0 radical (unpaired) electrons. The maximum Gasteiger partial charge on any atom is 0.409 e. The van der Waals surface area contributed by atoms with Crippen molar-refractivity contribution in [3.63, 3.8) is 0 Å². The Labute approximate surface area is 223 Å². The topological polar surface area (TPSA) is 104 Å². The number of fused-ring (bicyclic) bond motifs is 3. The lowest BCUT2D eigenvalue weighted by molar-refractivity contribution is 0.0541. The van der Waals surface area contributed by atoms with Crippen molar-refractivity contribution in [2.24, 2.45) is 0 Å². The molecule has 206 valence electrons. The molecule has 3 aliphatic heterocycles. The van der Waals surface area contributed by atoms with E-state index in [0.717, 1.165) is 49.6 Å². The summed E-state index contributed by atoms with van der Waals surface area (Å²) in [6, 6.07) is 10.2. The third-order valence-electron chi connectivity index (χ3n) is 8.43. The highest BCUT2D eigenvalue weighted by Crippen LogP contribution is 2.36. The molecule has 1 aromatic carbocycles. The van der Waals surface area contributed by atoms with Crippen LogP contribution in [0.25, 0.3) is 10.9 Å². The minimum absolute atomic E-state index is 0.0434. The predicted octanol–water partition coefficient (Wildman–Crippen LogP) is 3.29. The number of piperidine rings is 2. The van der Waals surface area contributed by atoms with Gasteiger partial charge in [-0.15, -0.1) is 0 Å². The molecule has 3 atom stereocenters. The third kappa shape index (κ3) is 5.59. The van der Waals surface area contributed by atoms with Crippen LogP contribution in [0.15, 0.2) is 35.1 Å². The van der Waals surface area contributed by atoms with Crippen LogP contribution in [0.3, 0.4) is 0 Å². The maximum atomic E-state index is 13.3. The van der Waals surface area contributed by atoms with E-state index in [-0.39, 0.29) is 41.3 Å². The minimum Gasteiger partial charge on any atom is -0.449 e. The van der Waals surface area contributed by atoms with Crippen LogP contribution in [-0.4, -0.2) is 81.9 Å². The molecule has 0 saturated carbocycles. The molecule has 3 fully saturated rings. The SMILES string of the molecule is CC(C)n1c(=O)c(C(=O)N[C@H]2C[C@H]3CC[C@@H](C2)N3CCCOC(=O)N2CCC(O)CC2)cc2ccccc21. The van der Waals surface area contributed by atoms with E-state index in [1.807, 2.05) is 38.1 Å². The number of aromatic nitrogens is 1. The van der Waals surface area contributed by atoms with Crippen LogP contribution >= 0.6 is 0 Å². The number of aliphatic hydroxyl groups is 1. The Hall–Kier alpha value is -2.91. The second kappa shape index (κ2) is 11.5. The zero-order chi connectivity index (χ0) is 26.8. The van der Waals surface area contributed by atoms with E-state index in [1.165, 1.54) is 0 Å². The molecule has 0 spiro atoms. The number of para-hydroxylation sites is 1. The summed E-state index contributed by atoms with van der Waals surface area (Å²) in [5, 5.41) is 13.7. The Morgan fingerprint density at radius 3 is 2.45 bits per heavy atom. The van der Waals surface area contributed by atoms with Crippen LogP contribution in [-0.2, 0) is 4.74 Å². The van der Waals surface area contributed by atoms with Crippen molar-refractivity contribution in [1.29, 1.82) is 0 Å². The molecule has 9 heteroatoms. The van der Waals surface area contributed by atoms with Gasteiger partial charge in [0.25, 0.3) is 11.5 Å². The number of carbonyl (C=O) groups excluding carboxylic acids is 2. The first-order chi connectivity index (χ1) is 18.3. The summed E-state index contributed by atoms with van der Waals surface area (Å²) in [5.74, 6) is -0.287. The molecule has 2 N–H and O–H groups in total. The van der Waals surface area contributed by atoms with Gasteiger partial charge in [-0.25, -0.2) is 4.79 Å². The standard InChI is InChI=1S/C29H40N4O5/c1-19(2)33-26-7-4-3-6-20(26)16-25(28(33)36)27(35)30-21-17-22-8-9-23(18-21)32(22)12-5-15-38-29(37)31-13-10-24(34)11-14-31/h3-4,6-7,16,19,21-24,34H,5,8-15,17-18H2,1-2H3,(H,30,35)/t21-,22+,23-. The van der Waals surface area contributed by atoms with Gasteiger partial charge in [-0.3, -0.25) is 14.5 Å². The number of hydrogen-bond acceptors (Lipinski definition) is 6. The fraction of sp³-hybridized carbons (Fsp3) is 0.621. The Bertz CT molecular complexity index is 1210. The second-order valence-electron chi connectivity index (χ2n) is 11.3.